The van der Waals surface area contributed by atoms with E-state index in [1.807, 2.05) is 0 Å². The van der Waals surface area contributed by atoms with E-state index >= 15 is 0 Å². The molecule has 0 saturated heterocycles. The van der Waals surface area contributed by atoms with Crippen LogP contribution in [0.2, 0.25) is 0 Å². The number of hydrogen-bond donors (Lipinski definition) is 0. The van der Waals surface area contributed by atoms with Crippen molar-refractivity contribution in [2.24, 2.45) is 0 Å². The summed E-state index contributed by atoms with van der Waals surface area (Å²) in [7, 11) is 0.394. The SMILES string of the molecule is CCCCCCCCCCCCCCCCCC[N+](C)(C)CCCS(=O)(=O)[O-].CCCCCCCCCCCCCCCCCC[N+](C)(C)CCCS(=O)(=O)[O-]. The van der Waals surface area contributed by atoms with Crippen molar-refractivity contribution in [2.75, 3.05) is 65.9 Å². The molecule has 340 valence electrons. The highest BCUT2D eigenvalue weighted by molar-refractivity contribution is 7.85. The molecule has 0 spiro atoms. The molecule has 0 atom stereocenters. The van der Waals surface area contributed by atoms with Gasteiger partial charge in [0.05, 0.1) is 74.6 Å². The fourth-order valence-corrected chi connectivity index (χ4v) is 8.70. The molecule has 0 fully saturated rings. The molecule has 0 bridgehead atoms. The van der Waals surface area contributed by atoms with Crippen LogP contribution in [0.1, 0.15) is 232 Å². The Morgan fingerprint density at radius 3 is 0.625 bits per heavy atom. The largest absolute Gasteiger partial charge is 0.748 e. The average Bonchev–Trinajstić information content (AvgIpc) is 3.10. The van der Waals surface area contributed by atoms with Crippen LogP contribution in [-0.2, 0) is 20.2 Å². The molecule has 0 unspecified atom stereocenters. The van der Waals surface area contributed by atoms with E-state index in [0.717, 1.165) is 35.1 Å². The van der Waals surface area contributed by atoms with Gasteiger partial charge in [-0.1, -0.05) is 194 Å². The van der Waals surface area contributed by atoms with Crippen LogP contribution in [-0.4, -0.2) is 101 Å². The van der Waals surface area contributed by atoms with Crippen LogP contribution in [0.3, 0.4) is 0 Å². The van der Waals surface area contributed by atoms with Crippen molar-refractivity contribution in [1.29, 1.82) is 0 Å². The van der Waals surface area contributed by atoms with Crippen LogP contribution in [0.4, 0.5) is 0 Å². The molecule has 0 aliphatic heterocycles. The van der Waals surface area contributed by atoms with Gasteiger partial charge in [0.2, 0.25) is 0 Å². The highest BCUT2D eigenvalue weighted by Crippen LogP contribution is 2.16. The van der Waals surface area contributed by atoms with Gasteiger partial charge < -0.3 is 18.1 Å². The minimum atomic E-state index is -4.06. The van der Waals surface area contributed by atoms with E-state index in [2.05, 4.69) is 42.0 Å². The van der Waals surface area contributed by atoms with Crippen LogP contribution in [0, 0.1) is 0 Å². The van der Waals surface area contributed by atoms with E-state index in [9.17, 15) is 25.9 Å². The molecular weight excluding hydrogens is 741 g/mol. The average molecular weight is 839 g/mol. The van der Waals surface area contributed by atoms with Crippen molar-refractivity contribution in [3.63, 3.8) is 0 Å². The van der Waals surface area contributed by atoms with Gasteiger partial charge in [0.1, 0.15) is 0 Å². The predicted octanol–water partition coefficient (Wildman–Crippen LogP) is 12.5. The molecule has 0 aromatic heterocycles. The molecule has 8 nitrogen and oxygen atoms in total. The summed E-state index contributed by atoms with van der Waals surface area (Å²) in [6.07, 6.45) is 45.0. The first-order chi connectivity index (χ1) is 26.5. The van der Waals surface area contributed by atoms with Gasteiger partial charge >= 0.3 is 0 Å². The van der Waals surface area contributed by atoms with Crippen LogP contribution >= 0.6 is 0 Å². The molecule has 0 aromatic rings. The van der Waals surface area contributed by atoms with Gasteiger partial charge in [-0.3, -0.25) is 0 Å². The van der Waals surface area contributed by atoms with Gasteiger partial charge in [0, 0.05) is 24.3 Å². The summed E-state index contributed by atoms with van der Waals surface area (Å²) < 4.78 is 65.7. The summed E-state index contributed by atoms with van der Waals surface area (Å²) >= 11 is 0. The molecule has 0 heterocycles. The zero-order valence-corrected chi connectivity index (χ0v) is 40.1. The van der Waals surface area contributed by atoms with Crippen molar-refractivity contribution in [1.82, 2.24) is 0 Å². The summed E-state index contributed by atoms with van der Waals surface area (Å²) in [5.41, 5.74) is 0. The first kappa shape index (κ1) is 57.8. The Bertz CT molecular complexity index is 952. The molecule has 0 rings (SSSR count). The minimum absolute atomic E-state index is 0.229. The third-order valence-corrected chi connectivity index (χ3v) is 13.1. The monoisotopic (exact) mass is 839 g/mol. The van der Waals surface area contributed by atoms with E-state index < -0.39 is 20.2 Å². The Hall–Kier alpha value is -0.260. The lowest BCUT2D eigenvalue weighted by Crippen LogP contribution is -2.41. The van der Waals surface area contributed by atoms with Crippen molar-refractivity contribution in [3.8, 4) is 0 Å². The first-order valence-electron chi connectivity index (χ1n) is 24.0. The Morgan fingerprint density at radius 1 is 0.286 bits per heavy atom. The van der Waals surface area contributed by atoms with Gasteiger partial charge in [-0.2, -0.15) is 0 Å². The van der Waals surface area contributed by atoms with Crippen molar-refractivity contribution >= 4 is 20.2 Å². The van der Waals surface area contributed by atoms with E-state index in [0.29, 0.717) is 12.8 Å². The fraction of sp³-hybridized carbons (Fsp3) is 1.00. The third-order valence-electron chi connectivity index (χ3n) is 11.5. The molecule has 0 aliphatic rings. The van der Waals surface area contributed by atoms with Crippen molar-refractivity contribution in [2.45, 2.75) is 232 Å². The third kappa shape index (κ3) is 51.8. The fourth-order valence-electron chi connectivity index (χ4n) is 7.74. The molecule has 0 N–H and O–H groups in total. The predicted molar refractivity (Wildman–Crippen MR) is 241 cm³/mol. The number of nitrogens with zero attached hydrogens (tertiary/aromatic N) is 2. The number of rotatable bonds is 42. The van der Waals surface area contributed by atoms with Crippen molar-refractivity contribution < 1.29 is 34.9 Å². The Labute approximate surface area is 351 Å². The second-order valence-corrected chi connectivity index (χ2v) is 21.7. The van der Waals surface area contributed by atoms with Crippen LogP contribution < -0.4 is 0 Å². The normalized spacial score (nSPS) is 12.6. The molecule has 0 amide bonds. The lowest BCUT2D eigenvalue weighted by molar-refractivity contribution is -0.890. The lowest BCUT2D eigenvalue weighted by Gasteiger charge is -2.30. The molecule has 10 heteroatoms. The Kier molecular flexibility index (Phi) is 40.2. The first-order valence-corrected chi connectivity index (χ1v) is 27.2. The topological polar surface area (TPSA) is 114 Å². The van der Waals surface area contributed by atoms with Gasteiger partial charge in [0.25, 0.3) is 0 Å². The Morgan fingerprint density at radius 2 is 0.446 bits per heavy atom. The summed E-state index contributed by atoms with van der Waals surface area (Å²) in [5, 5.41) is 0. The van der Waals surface area contributed by atoms with Gasteiger partial charge in [-0.15, -0.1) is 0 Å². The van der Waals surface area contributed by atoms with Crippen LogP contribution in [0.25, 0.3) is 0 Å². The molecular formula is C46H98N2O6S2. The van der Waals surface area contributed by atoms with E-state index in [4.69, 9.17) is 0 Å². The lowest BCUT2D eigenvalue weighted by atomic mass is 10.0. The van der Waals surface area contributed by atoms with E-state index in [1.165, 1.54) is 205 Å². The zero-order chi connectivity index (χ0) is 42.3. The molecule has 0 aliphatic carbocycles. The van der Waals surface area contributed by atoms with E-state index in [-0.39, 0.29) is 11.5 Å². The number of unbranched alkanes of at least 4 members (excludes halogenated alkanes) is 30. The quantitative estimate of drug-likeness (QED) is 0.0343. The summed E-state index contributed by atoms with van der Waals surface area (Å²) in [5.74, 6) is -0.457. The zero-order valence-electron chi connectivity index (χ0n) is 38.4. The van der Waals surface area contributed by atoms with Crippen LogP contribution in [0.5, 0.6) is 0 Å². The molecule has 0 saturated carbocycles. The smallest absolute Gasteiger partial charge is 0.0948 e. The van der Waals surface area contributed by atoms with Crippen molar-refractivity contribution in [3.05, 3.63) is 0 Å². The number of hydrogen-bond acceptors (Lipinski definition) is 6. The highest BCUT2D eigenvalue weighted by atomic mass is 32.2. The molecule has 0 radical (unpaired) electrons. The maximum absolute atomic E-state index is 10.7. The minimum Gasteiger partial charge on any atom is -0.748 e. The number of quaternary nitrogens is 2. The van der Waals surface area contributed by atoms with Crippen LogP contribution in [0.15, 0.2) is 0 Å². The molecule has 56 heavy (non-hydrogen) atoms. The molecule has 0 aromatic carbocycles. The summed E-state index contributed by atoms with van der Waals surface area (Å²) in [6.45, 7) is 8.21. The summed E-state index contributed by atoms with van der Waals surface area (Å²) in [4.78, 5) is 0. The van der Waals surface area contributed by atoms with Gasteiger partial charge in [0.15, 0.2) is 0 Å². The maximum Gasteiger partial charge on any atom is 0.0948 e. The standard InChI is InChI=1S/2C23H49NO3S/c2*1-4-5-6-7-8-9-10-11-12-13-14-15-16-17-18-19-21-24(2,3)22-20-23-28(25,26)27/h2*4-23H2,1-3H3. The summed E-state index contributed by atoms with van der Waals surface area (Å²) in [6, 6.07) is 0. The van der Waals surface area contributed by atoms with E-state index in [1.54, 1.807) is 0 Å². The Balaban J connectivity index is 0. The highest BCUT2D eigenvalue weighted by Gasteiger charge is 2.15. The maximum atomic E-state index is 10.7. The second-order valence-electron chi connectivity index (χ2n) is 18.6. The van der Waals surface area contributed by atoms with Gasteiger partial charge in [-0.25, -0.2) is 16.8 Å². The second kappa shape index (κ2) is 38.9. The van der Waals surface area contributed by atoms with Gasteiger partial charge in [-0.05, 0) is 25.7 Å².